The van der Waals surface area contributed by atoms with Crippen LogP contribution < -0.4 is 21.1 Å². The van der Waals surface area contributed by atoms with Crippen molar-refractivity contribution in [1.82, 2.24) is 0 Å². The topological polar surface area (TPSA) is 49.4 Å². The van der Waals surface area contributed by atoms with Gasteiger partial charge in [-0.15, -0.1) is 0 Å². The molecule has 1 rings (SSSR count). The summed E-state index contributed by atoms with van der Waals surface area (Å²) in [6.07, 6.45) is 3.32. The van der Waals surface area contributed by atoms with Gasteiger partial charge in [0.25, 0.3) is 10.9 Å². The second-order valence-corrected chi connectivity index (χ2v) is 6.34. The fourth-order valence-corrected chi connectivity index (χ4v) is 2.06. The minimum atomic E-state index is -0.369. The maximum absolute atomic E-state index is 11.5. The zero-order valence-corrected chi connectivity index (χ0v) is 12.8. The Morgan fingerprint density at radius 3 is 2.26 bits per heavy atom. The van der Waals surface area contributed by atoms with E-state index in [1.54, 1.807) is 0 Å². The highest BCUT2D eigenvalue weighted by Gasteiger charge is 2.22. The van der Waals surface area contributed by atoms with Gasteiger partial charge in [-0.05, 0) is 25.2 Å². The molecule has 0 saturated heterocycles. The lowest BCUT2D eigenvalue weighted by atomic mass is 9.90. The molecule has 0 atom stereocenters. The average Bonchev–Trinajstić information content (AvgIpc) is 2.34. The van der Waals surface area contributed by atoms with Crippen molar-refractivity contribution >= 4 is 11.4 Å². The number of hydrogen-bond acceptors (Lipinski definition) is 4. The van der Waals surface area contributed by atoms with Gasteiger partial charge < -0.3 is 10.2 Å². The number of anilines is 2. The Morgan fingerprint density at radius 2 is 1.74 bits per heavy atom. The summed E-state index contributed by atoms with van der Waals surface area (Å²) in [5, 5.41) is 3.12. The predicted octanol–water partition coefficient (Wildman–Crippen LogP) is 2.37. The summed E-state index contributed by atoms with van der Waals surface area (Å²) in [6.45, 7) is 10.1. The Morgan fingerprint density at radius 1 is 1.11 bits per heavy atom. The fourth-order valence-electron chi connectivity index (χ4n) is 2.06. The number of rotatable bonds is 7. The van der Waals surface area contributed by atoms with Crippen LogP contribution in [0, 0.1) is 5.41 Å². The molecule has 108 valence electrons. The second-order valence-electron chi connectivity index (χ2n) is 6.34. The molecule has 4 nitrogen and oxygen atoms in total. The molecule has 0 fully saturated rings. The van der Waals surface area contributed by atoms with Crippen LogP contribution in [0.25, 0.3) is 0 Å². The first-order valence-electron chi connectivity index (χ1n) is 7.06. The molecule has 0 aliphatic carbocycles. The quantitative estimate of drug-likeness (QED) is 0.608. The summed E-state index contributed by atoms with van der Waals surface area (Å²) in [6, 6.07) is 0. The standard InChI is InChI=1S/C15H26N2O2/c1-6-17(5)12-11(13(18)14(12)19)16-10-8-7-9-15(2,3)4/h16H,6-10H2,1-5H3. The van der Waals surface area contributed by atoms with Crippen molar-refractivity contribution in [2.45, 2.75) is 47.0 Å². The normalized spacial score (nSPS) is 11.8. The number of unbranched alkanes of at least 4 members (excludes halogenated alkanes) is 1. The number of nitrogens with zero attached hydrogens (tertiary/aromatic N) is 1. The van der Waals surface area contributed by atoms with Crippen LogP contribution in [0.15, 0.2) is 9.59 Å². The van der Waals surface area contributed by atoms with Gasteiger partial charge in [-0.2, -0.15) is 0 Å². The highest BCUT2D eigenvalue weighted by Crippen LogP contribution is 2.22. The van der Waals surface area contributed by atoms with Crippen LogP contribution in [0.4, 0.5) is 11.4 Å². The molecule has 0 radical (unpaired) electrons. The van der Waals surface area contributed by atoms with Gasteiger partial charge in [-0.25, -0.2) is 0 Å². The molecule has 0 aliphatic heterocycles. The van der Waals surface area contributed by atoms with Gasteiger partial charge in [0.2, 0.25) is 0 Å². The molecular formula is C15H26N2O2. The first-order valence-corrected chi connectivity index (χ1v) is 7.06. The first kappa shape index (κ1) is 15.7. The minimum absolute atomic E-state index is 0.356. The third kappa shape index (κ3) is 4.08. The summed E-state index contributed by atoms with van der Waals surface area (Å²) in [4.78, 5) is 24.8. The van der Waals surface area contributed by atoms with E-state index in [-0.39, 0.29) is 10.9 Å². The average molecular weight is 266 g/mol. The summed E-state index contributed by atoms with van der Waals surface area (Å²) < 4.78 is 0. The molecular weight excluding hydrogens is 240 g/mol. The highest BCUT2D eigenvalue weighted by molar-refractivity contribution is 5.74. The van der Waals surface area contributed by atoms with E-state index in [4.69, 9.17) is 0 Å². The van der Waals surface area contributed by atoms with E-state index in [9.17, 15) is 9.59 Å². The summed E-state index contributed by atoms with van der Waals surface area (Å²) in [5.74, 6) is 0. The van der Waals surface area contributed by atoms with Crippen molar-refractivity contribution in [3.63, 3.8) is 0 Å². The Labute approximate surface area is 115 Å². The van der Waals surface area contributed by atoms with Gasteiger partial charge in [-0.3, -0.25) is 9.59 Å². The third-order valence-corrected chi connectivity index (χ3v) is 3.40. The molecule has 1 N–H and O–H groups in total. The summed E-state index contributed by atoms with van der Waals surface area (Å²) in [5.41, 5.74) is 0.677. The van der Waals surface area contributed by atoms with Crippen molar-refractivity contribution < 1.29 is 0 Å². The zero-order chi connectivity index (χ0) is 14.6. The van der Waals surface area contributed by atoms with Gasteiger partial charge >= 0.3 is 0 Å². The van der Waals surface area contributed by atoms with Crippen molar-refractivity contribution in [1.29, 1.82) is 0 Å². The van der Waals surface area contributed by atoms with Crippen LogP contribution in [0.1, 0.15) is 47.0 Å². The van der Waals surface area contributed by atoms with Gasteiger partial charge in [0.1, 0.15) is 11.4 Å². The van der Waals surface area contributed by atoms with Crippen molar-refractivity contribution in [3.8, 4) is 0 Å². The number of hydrogen-bond donors (Lipinski definition) is 1. The minimum Gasteiger partial charge on any atom is -0.380 e. The first-order chi connectivity index (χ1) is 8.78. The summed E-state index contributed by atoms with van der Waals surface area (Å²) in [7, 11) is 1.83. The fraction of sp³-hybridized carbons (Fsp3) is 0.733. The SMILES string of the molecule is CCN(C)c1c(NCCCCC(C)(C)C)c(=O)c1=O. The Kier molecular flexibility index (Phi) is 5.15. The Bertz CT molecular complexity index is 479. The summed E-state index contributed by atoms with van der Waals surface area (Å²) >= 11 is 0. The van der Waals surface area contributed by atoms with Crippen LogP contribution >= 0.6 is 0 Å². The zero-order valence-electron chi connectivity index (χ0n) is 12.8. The molecule has 19 heavy (non-hydrogen) atoms. The van der Waals surface area contributed by atoms with Crippen LogP contribution in [0.3, 0.4) is 0 Å². The van der Waals surface area contributed by atoms with Crippen molar-refractivity contribution in [3.05, 3.63) is 20.4 Å². The Balaban J connectivity index is 2.45. The molecule has 0 aromatic heterocycles. The molecule has 0 saturated carbocycles. The predicted molar refractivity (Wildman–Crippen MR) is 82.1 cm³/mol. The van der Waals surface area contributed by atoms with Gasteiger partial charge in [0.15, 0.2) is 0 Å². The molecule has 0 spiro atoms. The maximum Gasteiger partial charge on any atom is 0.253 e. The van der Waals surface area contributed by atoms with E-state index in [1.807, 2.05) is 18.9 Å². The van der Waals surface area contributed by atoms with Gasteiger partial charge in [0.05, 0.1) is 0 Å². The molecule has 0 bridgehead atoms. The lowest BCUT2D eigenvalue weighted by Gasteiger charge is -2.22. The second kappa shape index (κ2) is 6.22. The van der Waals surface area contributed by atoms with Gasteiger partial charge in [-0.1, -0.05) is 27.2 Å². The van der Waals surface area contributed by atoms with E-state index in [1.165, 1.54) is 6.42 Å². The molecule has 0 amide bonds. The van der Waals surface area contributed by atoms with Crippen molar-refractivity contribution in [2.24, 2.45) is 5.41 Å². The van der Waals surface area contributed by atoms with Crippen LogP contribution in [-0.2, 0) is 0 Å². The largest absolute Gasteiger partial charge is 0.380 e. The maximum atomic E-state index is 11.5. The molecule has 0 aliphatic rings. The van der Waals surface area contributed by atoms with Gasteiger partial charge in [0, 0.05) is 20.1 Å². The Hall–Kier alpha value is -1.32. The lowest BCUT2D eigenvalue weighted by molar-refractivity contribution is 0.362. The molecule has 1 aromatic rings. The lowest BCUT2D eigenvalue weighted by Crippen LogP contribution is -2.41. The van der Waals surface area contributed by atoms with E-state index in [2.05, 4.69) is 26.1 Å². The van der Waals surface area contributed by atoms with Crippen LogP contribution in [0.2, 0.25) is 0 Å². The van der Waals surface area contributed by atoms with Crippen molar-refractivity contribution in [2.75, 3.05) is 30.4 Å². The molecule has 0 unspecified atom stereocenters. The monoisotopic (exact) mass is 266 g/mol. The molecule has 4 heteroatoms. The third-order valence-electron chi connectivity index (χ3n) is 3.40. The van der Waals surface area contributed by atoms with E-state index >= 15 is 0 Å². The van der Waals surface area contributed by atoms with Crippen LogP contribution in [-0.4, -0.2) is 20.1 Å². The molecule has 1 aromatic carbocycles. The molecule has 0 heterocycles. The number of nitrogens with one attached hydrogen (secondary N) is 1. The van der Waals surface area contributed by atoms with E-state index < -0.39 is 0 Å². The van der Waals surface area contributed by atoms with E-state index in [0.29, 0.717) is 16.8 Å². The highest BCUT2D eigenvalue weighted by atomic mass is 16.2. The van der Waals surface area contributed by atoms with Crippen LogP contribution in [0.5, 0.6) is 0 Å². The smallest absolute Gasteiger partial charge is 0.253 e. The van der Waals surface area contributed by atoms with E-state index in [0.717, 1.165) is 25.9 Å².